The largest absolute Gasteiger partial charge is 0.492 e. The molecule has 23 heavy (non-hydrogen) atoms. The first kappa shape index (κ1) is 17.1. The van der Waals surface area contributed by atoms with Crippen molar-refractivity contribution in [1.29, 1.82) is 0 Å². The number of benzene rings is 1. The fourth-order valence-electron chi connectivity index (χ4n) is 1.89. The number of hydrogen-bond acceptors (Lipinski definition) is 5. The third-order valence-corrected chi connectivity index (χ3v) is 3.58. The Balaban J connectivity index is 2.81. The van der Waals surface area contributed by atoms with E-state index >= 15 is 0 Å². The molecular formula is C14H10BrF3N2O3. The van der Waals surface area contributed by atoms with E-state index in [0.29, 0.717) is 0 Å². The smallest absolute Gasteiger partial charge is 0.360 e. The van der Waals surface area contributed by atoms with E-state index in [1.807, 2.05) is 0 Å². The first-order valence-electron chi connectivity index (χ1n) is 6.08. The Bertz CT molecular complexity index is 800. The van der Waals surface area contributed by atoms with Gasteiger partial charge in [0.15, 0.2) is 17.3 Å². The van der Waals surface area contributed by atoms with Crippen molar-refractivity contribution < 1.29 is 27.4 Å². The summed E-state index contributed by atoms with van der Waals surface area (Å²) in [7, 11) is 2.22. The summed E-state index contributed by atoms with van der Waals surface area (Å²) in [4.78, 5) is 15.4. The molecule has 0 aliphatic carbocycles. The lowest BCUT2D eigenvalue weighted by atomic mass is 10.1. The molecule has 0 bridgehead atoms. The number of nitrogen functional groups attached to an aromatic ring is 1. The number of anilines is 1. The van der Waals surface area contributed by atoms with Gasteiger partial charge in [-0.3, -0.25) is 0 Å². The SMILES string of the molecule is COC(=O)c1nc(-c2cc(F)c(Br)cc2F)c(F)c(N)c1OC. The molecule has 2 aromatic rings. The maximum atomic E-state index is 14.4. The number of rotatable bonds is 3. The van der Waals surface area contributed by atoms with Gasteiger partial charge in [0.2, 0.25) is 0 Å². The number of carbonyl (C=O) groups is 1. The number of pyridine rings is 1. The second-order valence-electron chi connectivity index (χ2n) is 4.31. The van der Waals surface area contributed by atoms with Crippen molar-refractivity contribution in [3.63, 3.8) is 0 Å². The third kappa shape index (κ3) is 2.96. The summed E-state index contributed by atoms with van der Waals surface area (Å²) in [6.45, 7) is 0. The molecule has 0 unspecified atom stereocenters. The van der Waals surface area contributed by atoms with Crippen LogP contribution in [-0.4, -0.2) is 25.2 Å². The average molecular weight is 391 g/mol. The molecule has 0 aliphatic rings. The van der Waals surface area contributed by atoms with Crippen LogP contribution in [0.15, 0.2) is 16.6 Å². The Morgan fingerprint density at radius 1 is 1.22 bits per heavy atom. The van der Waals surface area contributed by atoms with Crippen LogP contribution >= 0.6 is 15.9 Å². The highest BCUT2D eigenvalue weighted by molar-refractivity contribution is 9.10. The predicted octanol–water partition coefficient (Wildman–Crippen LogP) is 3.31. The fourth-order valence-corrected chi connectivity index (χ4v) is 2.21. The van der Waals surface area contributed by atoms with Crippen LogP contribution in [0.1, 0.15) is 10.5 Å². The van der Waals surface area contributed by atoms with E-state index in [2.05, 4.69) is 25.7 Å². The highest BCUT2D eigenvalue weighted by Crippen LogP contribution is 2.36. The number of carbonyl (C=O) groups excluding carboxylic acids is 1. The highest BCUT2D eigenvalue weighted by atomic mass is 79.9. The van der Waals surface area contributed by atoms with Gasteiger partial charge >= 0.3 is 5.97 Å². The van der Waals surface area contributed by atoms with Gasteiger partial charge in [-0.15, -0.1) is 0 Å². The number of nitrogens with two attached hydrogens (primary N) is 1. The van der Waals surface area contributed by atoms with Crippen molar-refractivity contribution in [2.45, 2.75) is 0 Å². The first-order chi connectivity index (χ1) is 10.8. The van der Waals surface area contributed by atoms with E-state index in [4.69, 9.17) is 10.5 Å². The molecule has 0 fully saturated rings. The van der Waals surface area contributed by atoms with Crippen molar-refractivity contribution in [3.8, 4) is 17.0 Å². The lowest BCUT2D eigenvalue weighted by Gasteiger charge is -2.13. The number of methoxy groups -OCH3 is 2. The molecular weight excluding hydrogens is 381 g/mol. The number of halogens is 4. The number of esters is 1. The van der Waals surface area contributed by atoms with Crippen LogP contribution < -0.4 is 10.5 Å². The number of hydrogen-bond donors (Lipinski definition) is 1. The summed E-state index contributed by atoms with van der Waals surface area (Å²) >= 11 is 2.81. The average Bonchev–Trinajstić information content (AvgIpc) is 2.52. The number of aromatic nitrogens is 1. The standard InChI is InChI=1S/C14H10BrF3N2O3/c1-22-13-10(19)9(18)11(20-12(13)14(21)23-2)5-3-8(17)6(15)4-7(5)16/h3-4H,1-2H3,(H2,19,20). The van der Waals surface area contributed by atoms with E-state index < -0.39 is 46.1 Å². The lowest BCUT2D eigenvalue weighted by Crippen LogP contribution is -2.12. The van der Waals surface area contributed by atoms with E-state index in [9.17, 15) is 18.0 Å². The van der Waals surface area contributed by atoms with Crippen LogP contribution in [0, 0.1) is 17.5 Å². The molecule has 1 aromatic carbocycles. The topological polar surface area (TPSA) is 74.4 Å². The van der Waals surface area contributed by atoms with Gasteiger partial charge < -0.3 is 15.2 Å². The first-order valence-corrected chi connectivity index (χ1v) is 6.87. The molecule has 0 spiro atoms. The van der Waals surface area contributed by atoms with Crippen molar-refractivity contribution in [2.24, 2.45) is 0 Å². The number of ether oxygens (including phenoxy) is 2. The third-order valence-electron chi connectivity index (χ3n) is 2.98. The summed E-state index contributed by atoms with van der Waals surface area (Å²) in [5.41, 5.74) is 3.42. The zero-order valence-electron chi connectivity index (χ0n) is 11.9. The normalized spacial score (nSPS) is 10.5. The van der Waals surface area contributed by atoms with Crippen LogP contribution in [0.5, 0.6) is 5.75 Å². The Morgan fingerprint density at radius 3 is 2.43 bits per heavy atom. The van der Waals surface area contributed by atoms with Crippen molar-refractivity contribution >= 4 is 27.6 Å². The summed E-state index contributed by atoms with van der Waals surface area (Å²) in [5.74, 6) is -4.25. The van der Waals surface area contributed by atoms with Crippen molar-refractivity contribution in [1.82, 2.24) is 4.98 Å². The Morgan fingerprint density at radius 2 is 1.87 bits per heavy atom. The Hall–Kier alpha value is -2.29. The van der Waals surface area contributed by atoms with E-state index in [1.54, 1.807) is 0 Å². The summed E-state index contributed by atoms with van der Waals surface area (Å²) in [6, 6.07) is 1.54. The quantitative estimate of drug-likeness (QED) is 0.642. The minimum atomic E-state index is -1.14. The number of nitrogens with zero attached hydrogens (tertiary/aromatic N) is 1. The molecule has 1 heterocycles. The Labute approximate surface area is 137 Å². The van der Waals surface area contributed by atoms with Gasteiger partial charge in [-0.2, -0.15) is 0 Å². The van der Waals surface area contributed by atoms with Gasteiger partial charge in [-0.05, 0) is 28.1 Å². The van der Waals surface area contributed by atoms with Gasteiger partial charge in [0.25, 0.3) is 0 Å². The molecule has 0 saturated heterocycles. The molecule has 122 valence electrons. The zero-order chi connectivity index (χ0) is 17.3. The van der Waals surface area contributed by atoms with Crippen LogP contribution in [0.3, 0.4) is 0 Å². The molecule has 5 nitrogen and oxygen atoms in total. The zero-order valence-corrected chi connectivity index (χ0v) is 13.5. The summed E-state index contributed by atoms with van der Waals surface area (Å²) in [5, 5.41) is 0. The van der Waals surface area contributed by atoms with Crippen LogP contribution in [0.4, 0.5) is 18.9 Å². The van der Waals surface area contributed by atoms with Crippen LogP contribution in [-0.2, 0) is 4.74 Å². The maximum absolute atomic E-state index is 14.4. The van der Waals surface area contributed by atoms with Crippen molar-refractivity contribution in [2.75, 3.05) is 20.0 Å². The van der Waals surface area contributed by atoms with E-state index in [0.717, 1.165) is 26.4 Å². The molecule has 2 rings (SSSR count). The second kappa shape index (κ2) is 6.45. The minimum absolute atomic E-state index is 0.145. The van der Waals surface area contributed by atoms with Crippen LogP contribution in [0.25, 0.3) is 11.3 Å². The maximum Gasteiger partial charge on any atom is 0.360 e. The fraction of sp³-hybridized carbons (Fsp3) is 0.143. The molecule has 0 saturated carbocycles. The molecule has 0 atom stereocenters. The molecule has 2 N–H and O–H groups in total. The Kier molecular flexibility index (Phi) is 4.79. The van der Waals surface area contributed by atoms with Gasteiger partial charge in [0.05, 0.1) is 18.7 Å². The lowest BCUT2D eigenvalue weighted by molar-refractivity contribution is 0.0590. The van der Waals surface area contributed by atoms with E-state index in [-0.39, 0.29) is 10.2 Å². The van der Waals surface area contributed by atoms with Crippen LogP contribution in [0.2, 0.25) is 0 Å². The molecule has 0 aliphatic heterocycles. The molecule has 1 aromatic heterocycles. The van der Waals surface area contributed by atoms with Gasteiger partial charge in [0, 0.05) is 5.56 Å². The monoisotopic (exact) mass is 390 g/mol. The van der Waals surface area contributed by atoms with Gasteiger partial charge in [-0.1, -0.05) is 0 Å². The second-order valence-corrected chi connectivity index (χ2v) is 5.16. The van der Waals surface area contributed by atoms with Gasteiger partial charge in [0.1, 0.15) is 23.0 Å². The molecule has 9 heteroatoms. The van der Waals surface area contributed by atoms with E-state index in [1.165, 1.54) is 0 Å². The molecule has 0 amide bonds. The minimum Gasteiger partial charge on any atom is -0.492 e. The summed E-state index contributed by atoms with van der Waals surface area (Å²) < 4.78 is 51.2. The highest BCUT2D eigenvalue weighted by Gasteiger charge is 2.26. The summed E-state index contributed by atoms with van der Waals surface area (Å²) in [6.07, 6.45) is 0. The van der Waals surface area contributed by atoms with Crippen molar-refractivity contribution in [3.05, 3.63) is 39.8 Å². The van der Waals surface area contributed by atoms with Gasteiger partial charge in [-0.25, -0.2) is 22.9 Å². The predicted molar refractivity (Wildman–Crippen MR) is 79.6 cm³/mol. The molecule has 0 radical (unpaired) electrons.